The molecule has 15 heavy (non-hydrogen) atoms. The van der Waals surface area contributed by atoms with Crippen molar-refractivity contribution in [2.24, 2.45) is 5.41 Å². The molecule has 1 aliphatic heterocycles. The highest BCUT2D eigenvalue weighted by Crippen LogP contribution is 2.36. The van der Waals surface area contributed by atoms with Gasteiger partial charge in [0.15, 0.2) is 0 Å². The fourth-order valence-corrected chi connectivity index (χ4v) is 5.42. The molecule has 1 aliphatic rings. The van der Waals surface area contributed by atoms with Crippen LogP contribution in [0.4, 0.5) is 0 Å². The molecule has 0 radical (unpaired) electrons. The minimum atomic E-state index is -0.987. The number of hydrogen-bond donors (Lipinski definition) is 1. The normalized spacial score (nSPS) is 28.0. The van der Waals surface area contributed by atoms with Gasteiger partial charge in [0.1, 0.15) is 0 Å². The van der Waals surface area contributed by atoms with Gasteiger partial charge < -0.3 is 10.1 Å². The van der Waals surface area contributed by atoms with Crippen LogP contribution in [-0.2, 0) is 4.74 Å². The van der Waals surface area contributed by atoms with Crippen molar-refractivity contribution in [3.8, 4) is 0 Å². The molecule has 3 heteroatoms. The van der Waals surface area contributed by atoms with Crippen molar-refractivity contribution in [3.63, 3.8) is 0 Å². The zero-order chi connectivity index (χ0) is 11.4. The molecule has 0 saturated carbocycles. The van der Waals surface area contributed by atoms with E-state index >= 15 is 0 Å². The lowest BCUT2D eigenvalue weighted by molar-refractivity contribution is 0.00272. The van der Waals surface area contributed by atoms with Gasteiger partial charge in [0, 0.05) is 26.6 Å². The summed E-state index contributed by atoms with van der Waals surface area (Å²) in [5.41, 5.74) is 0.443. The van der Waals surface area contributed by atoms with Crippen molar-refractivity contribution >= 4 is 8.07 Å². The third-order valence-corrected chi connectivity index (χ3v) is 4.87. The summed E-state index contributed by atoms with van der Waals surface area (Å²) in [5, 5.41) is 3.52. The van der Waals surface area contributed by atoms with Crippen molar-refractivity contribution in [1.82, 2.24) is 5.32 Å². The van der Waals surface area contributed by atoms with E-state index in [2.05, 4.69) is 31.9 Å². The Balaban J connectivity index is 2.58. The maximum Gasteiger partial charge on any atom is 0.0531 e. The summed E-state index contributed by atoms with van der Waals surface area (Å²) in [5.74, 6) is 0. The Morgan fingerprint density at radius 3 is 2.53 bits per heavy atom. The second kappa shape index (κ2) is 5.46. The van der Waals surface area contributed by atoms with Gasteiger partial charge in [-0.25, -0.2) is 0 Å². The van der Waals surface area contributed by atoms with E-state index in [4.69, 9.17) is 4.74 Å². The van der Waals surface area contributed by atoms with Crippen LogP contribution in [0, 0.1) is 5.41 Å². The molecule has 1 N–H and O–H groups in total. The van der Waals surface area contributed by atoms with Crippen LogP contribution in [0.3, 0.4) is 0 Å². The third kappa shape index (κ3) is 4.66. The van der Waals surface area contributed by atoms with Crippen LogP contribution in [0.1, 0.15) is 19.8 Å². The molecule has 0 aromatic heterocycles. The predicted molar refractivity (Wildman–Crippen MR) is 69.2 cm³/mol. The third-order valence-electron chi connectivity index (χ3n) is 3.06. The molecule has 0 aromatic carbocycles. The molecule has 1 unspecified atom stereocenters. The van der Waals surface area contributed by atoms with E-state index in [1.807, 2.05) is 0 Å². The minimum Gasteiger partial charge on any atom is -0.381 e. The van der Waals surface area contributed by atoms with Crippen molar-refractivity contribution in [1.29, 1.82) is 0 Å². The monoisotopic (exact) mass is 229 g/mol. The summed E-state index contributed by atoms with van der Waals surface area (Å²) in [7, 11) is -0.987. The van der Waals surface area contributed by atoms with E-state index < -0.39 is 8.07 Å². The fraction of sp³-hybridized carbons (Fsp3) is 1.00. The summed E-state index contributed by atoms with van der Waals surface area (Å²) in [4.78, 5) is 0. The van der Waals surface area contributed by atoms with Crippen LogP contribution in [0.15, 0.2) is 0 Å². The zero-order valence-electron chi connectivity index (χ0n) is 10.9. The Morgan fingerprint density at radius 1 is 1.33 bits per heavy atom. The molecule has 1 heterocycles. The van der Waals surface area contributed by atoms with E-state index in [9.17, 15) is 0 Å². The average Bonchev–Trinajstić information content (AvgIpc) is 2.14. The lowest BCUT2D eigenvalue weighted by Gasteiger charge is -2.41. The largest absolute Gasteiger partial charge is 0.381 e. The quantitative estimate of drug-likeness (QED) is 0.732. The Hall–Kier alpha value is 0.137. The molecule has 1 atom stereocenters. The van der Waals surface area contributed by atoms with Crippen molar-refractivity contribution in [2.45, 2.75) is 45.5 Å². The van der Waals surface area contributed by atoms with Gasteiger partial charge in [0.2, 0.25) is 0 Å². The number of nitrogens with one attached hydrogen (secondary N) is 1. The van der Waals surface area contributed by atoms with Gasteiger partial charge in [-0.1, -0.05) is 26.6 Å². The lowest BCUT2D eigenvalue weighted by atomic mass is 9.84. The molecule has 1 rings (SSSR count). The second-order valence-corrected chi connectivity index (χ2v) is 11.6. The Labute approximate surface area is 95.8 Å². The molecular weight excluding hydrogens is 202 g/mol. The topological polar surface area (TPSA) is 21.3 Å². The molecule has 90 valence electrons. The van der Waals surface area contributed by atoms with Crippen LogP contribution in [0.5, 0.6) is 0 Å². The summed E-state index contributed by atoms with van der Waals surface area (Å²) < 4.78 is 5.71. The standard InChI is InChI=1S/C12H27NOSi/c1-5-13-9-12(11-15(2,3)4)7-6-8-14-10-12/h13H,5-11H2,1-4H3. The van der Waals surface area contributed by atoms with Gasteiger partial charge in [-0.15, -0.1) is 0 Å². The molecular formula is C12H27NOSi. The molecule has 0 spiro atoms. The maximum atomic E-state index is 5.71. The van der Waals surface area contributed by atoms with E-state index in [1.165, 1.54) is 18.9 Å². The summed E-state index contributed by atoms with van der Waals surface area (Å²) >= 11 is 0. The fourth-order valence-electron chi connectivity index (χ4n) is 2.77. The Bertz CT molecular complexity index is 183. The number of hydrogen-bond acceptors (Lipinski definition) is 2. The van der Waals surface area contributed by atoms with E-state index in [0.29, 0.717) is 5.41 Å². The second-order valence-electron chi connectivity index (χ2n) is 6.17. The van der Waals surface area contributed by atoms with Gasteiger partial charge in [-0.05, 0) is 25.4 Å². The molecule has 0 amide bonds. The van der Waals surface area contributed by atoms with E-state index in [-0.39, 0.29) is 0 Å². The average molecular weight is 229 g/mol. The molecule has 0 aromatic rings. The van der Waals surface area contributed by atoms with Crippen molar-refractivity contribution in [2.75, 3.05) is 26.3 Å². The minimum absolute atomic E-state index is 0.443. The molecule has 0 bridgehead atoms. The lowest BCUT2D eigenvalue weighted by Crippen LogP contribution is -2.45. The highest BCUT2D eigenvalue weighted by Gasteiger charge is 2.36. The van der Waals surface area contributed by atoms with Gasteiger partial charge in [0.25, 0.3) is 0 Å². The molecule has 0 aliphatic carbocycles. The van der Waals surface area contributed by atoms with Gasteiger partial charge in [-0.3, -0.25) is 0 Å². The molecule has 1 fully saturated rings. The number of ether oxygens (including phenoxy) is 1. The highest BCUT2D eigenvalue weighted by molar-refractivity contribution is 6.76. The SMILES string of the molecule is CCNCC1(C[Si](C)(C)C)CCCOC1. The van der Waals surface area contributed by atoms with Gasteiger partial charge in [-0.2, -0.15) is 0 Å². The maximum absolute atomic E-state index is 5.71. The van der Waals surface area contributed by atoms with Crippen LogP contribution >= 0.6 is 0 Å². The summed E-state index contributed by atoms with van der Waals surface area (Å²) in [6.45, 7) is 13.8. The Kier molecular flexibility index (Phi) is 4.81. The summed E-state index contributed by atoms with van der Waals surface area (Å²) in [6, 6.07) is 1.40. The van der Waals surface area contributed by atoms with Crippen molar-refractivity contribution < 1.29 is 4.74 Å². The van der Waals surface area contributed by atoms with E-state index in [1.54, 1.807) is 0 Å². The van der Waals surface area contributed by atoms with Crippen LogP contribution in [0.25, 0.3) is 0 Å². The Morgan fingerprint density at radius 2 is 2.07 bits per heavy atom. The van der Waals surface area contributed by atoms with Crippen LogP contribution < -0.4 is 5.32 Å². The highest BCUT2D eigenvalue weighted by atomic mass is 28.3. The van der Waals surface area contributed by atoms with Crippen molar-refractivity contribution in [3.05, 3.63) is 0 Å². The first-order valence-electron chi connectivity index (χ1n) is 6.26. The summed E-state index contributed by atoms with van der Waals surface area (Å²) in [6.07, 6.45) is 2.60. The first-order chi connectivity index (χ1) is 6.97. The van der Waals surface area contributed by atoms with Gasteiger partial charge in [0.05, 0.1) is 6.61 Å². The first-order valence-corrected chi connectivity index (χ1v) is 9.97. The predicted octanol–water partition coefficient (Wildman–Crippen LogP) is 2.73. The first kappa shape index (κ1) is 13.2. The zero-order valence-corrected chi connectivity index (χ0v) is 11.9. The van der Waals surface area contributed by atoms with Crippen LogP contribution in [-0.4, -0.2) is 34.4 Å². The number of rotatable bonds is 5. The van der Waals surface area contributed by atoms with Crippen LogP contribution in [0.2, 0.25) is 25.7 Å². The smallest absolute Gasteiger partial charge is 0.0531 e. The van der Waals surface area contributed by atoms with E-state index in [0.717, 1.165) is 26.3 Å². The van der Waals surface area contributed by atoms with Gasteiger partial charge >= 0.3 is 0 Å². The molecule has 1 saturated heterocycles. The molecule has 2 nitrogen and oxygen atoms in total.